The molecule has 1 atom stereocenters. The van der Waals surface area contributed by atoms with Crippen LogP contribution in [0.4, 0.5) is 16.5 Å². The molecule has 2 aliphatic heterocycles. The van der Waals surface area contributed by atoms with Gasteiger partial charge in [0, 0.05) is 41.1 Å². The zero-order valence-electron chi connectivity index (χ0n) is 16.4. The minimum atomic E-state index is -3.72. The smallest absolute Gasteiger partial charge is 0.263 e. The van der Waals surface area contributed by atoms with Crippen molar-refractivity contribution in [1.29, 1.82) is 0 Å². The van der Waals surface area contributed by atoms with Crippen molar-refractivity contribution in [3.8, 4) is 0 Å². The number of carbonyl (C=O) groups is 1. The molecule has 0 bridgehead atoms. The second-order valence-electron chi connectivity index (χ2n) is 7.45. The largest absolute Gasteiger partial charge is 0.359 e. The van der Waals surface area contributed by atoms with Gasteiger partial charge in [-0.05, 0) is 60.9 Å². The van der Waals surface area contributed by atoms with Gasteiger partial charge in [0.05, 0.1) is 4.90 Å². The van der Waals surface area contributed by atoms with E-state index in [1.165, 1.54) is 35.2 Å². The summed E-state index contributed by atoms with van der Waals surface area (Å²) in [5, 5.41) is 2.72. The van der Waals surface area contributed by atoms with Crippen molar-refractivity contribution < 1.29 is 13.2 Å². The number of benzene rings is 2. The molecule has 2 aliphatic rings. The molecule has 1 unspecified atom stereocenters. The fraction of sp³-hybridized carbons (Fsp3) is 0.238. The molecular formula is C21H19ClN4O3S2. The lowest BCUT2D eigenvalue weighted by molar-refractivity contribution is -0.118. The van der Waals surface area contributed by atoms with Crippen molar-refractivity contribution in [3.05, 3.63) is 64.6 Å². The predicted octanol–water partition coefficient (Wildman–Crippen LogP) is 3.77. The Kier molecular flexibility index (Phi) is 5.11. The van der Waals surface area contributed by atoms with Gasteiger partial charge >= 0.3 is 0 Å². The van der Waals surface area contributed by atoms with E-state index >= 15 is 0 Å². The molecule has 0 spiro atoms. The third kappa shape index (κ3) is 3.77. The van der Waals surface area contributed by atoms with Crippen LogP contribution < -0.4 is 14.5 Å². The summed E-state index contributed by atoms with van der Waals surface area (Å²) in [6, 6.07) is 12.0. The fourth-order valence-electron chi connectivity index (χ4n) is 4.18. The van der Waals surface area contributed by atoms with Gasteiger partial charge < -0.3 is 9.80 Å². The lowest BCUT2D eigenvalue weighted by Gasteiger charge is -2.26. The first-order valence-electron chi connectivity index (χ1n) is 9.81. The molecular weight excluding hydrogens is 456 g/mol. The zero-order chi connectivity index (χ0) is 21.6. The van der Waals surface area contributed by atoms with Gasteiger partial charge in [0.25, 0.3) is 10.0 Å². The molecule has 1 aromatic heterocycles. The highest BCUT2D eigenvalue weighted by Gasteiger charge is 2.39. The van der Waals surface area contributed by atoms with E-state index < -0.39 is 10.0 Å². The fourth-order valence-corrected chi connectivity index (χ4v) is 6.17. The van der Waals surface area contributed by atoms with Crippen LogP contribution >= 0.6 is 22.9 Å². The highest BCUT2D eigenvalue weighted by atomic mass is 35.5. The average Bonchev–Trinajstić information content (AvgIpc) is 3.48. The maximum Gasteiger partial charge on any atom is 0.263 e. The van der Waals surface area contributed by atoms with E-state index in [0.717, 1.165) is 18.7 Å². The van der Waals surface area contributed by atoms with E-state index in [4.69, 9.17) is 11.6 Å². The molecule has 7 nitrogen and oxygen atoms in total. The minimum absolute atomic E-state index is 0.0271. The normalized spacial score (nSPS) is 18.5. The van der Waals surface area contributed by atoms with Crippen LogP contribution in [0, 0.1) is 0 Å². The van der Waals surface area contributed by atoms with E-state index in [1.54, 1.807) is 22.4 Å². The van der Waals surface area contributed by atoms with Crippen molar-refractivity contribution in [2.24, 2.45) is 0 Å². The number of carbonyl (C=O) groups excluding carboxylic acids is 1. The molecule has 160 valence electrons. The number of hydrogen-bond acceptors (Lipinski definition) is 6. The summed E-state index contributed by atoms with van der Waals surface area (Å²) in [6.07, 6.45) is 3.12. The summed E-state index contributed by atoms with van der Waals surface area (Å²) in [5.74, 6) is 0.0271. The van der Waals surface area contributed by atoms with Crippen molar-refractivity contribution in [2.75, 3.05) is 27.6 Å². The first-order chi connectivity index (χ1) is 14.9. The number of nitrogens with zero attached hydrogens (tertiary/aromatic N) is 3. The van der Waals surface area contributed by atoms with Crippen LogP contribution in [0.3, 0.4) is 0 Å². The van der Waals surface area contributed by atoms with Crippen molar-refractivity contribution in [2.45, 2.75) is 23.8 Å². The number of anilines is 3. The van der Waals surface area contributed by atoms with Crippen molar-refractivity contribution in [3.63, 3.8) is 0 Å². The third-order valence-corrected chi connectivity index (χ3v) is 8.05. The Morgan fingerprint density at radius 1 is 1.13 bits per heavy atom. The molecule has 0 radical (unpaired) electrons. The number of sulfonamides is 1. The van der Waals surface area contributed by atoms with Gasteiger partial charge in [-0.2, -0.15) is 0 Å². The molecule has 3 aromatic rings. The molecule has 0 aliphatic carbocycles. The monoisotopic (exact) mass is 474 g/mol. The van der Waals surface area contributed by atoms with E-state index in [2.05, 4.69) is 14.6 Å². The van der Waals surface area contributed by atoms with Crippen molar-refractivity contribution in [1.82, 2.24) is 4.98 Å². The van der Waals surface area contributed by atoms with Crippen LogP contribution in [0.2, 0.25) is 5.02 Å². The van der Waals surface area contributed by atoms with Gasteiger partial charge in [0.15, 0.2) is 5.13 Å². The number of aromatic nitrogens is 1. The lowest BCUT2D eigenvalue weighted by atomic mass is 10.1. The average molecular weight is 475 g/mol. The van der Waals surface area contributed by atoms with Gasteiger partial charge in [-0.3, -0.25) is 9.52 Å². The standard InChI is InChI=1S/C21H19ClN4O3S2/c22-15-1-6-18-14(13-15)7-10-26(18)19-8-11-25(20(19)27)16-2-4-17(5-3-16)31(28,29)24-21-23-9-12-30-21/h1-6,9,12-13,19H,7-8,10-11H2,(H,23,24). The van der Waals surface area contributed by atoms with E-state index in [-0.39, 0.29) is 16.8 Å². The number of halogens is 1. The Hall–Kier alpha value is -2.62. The predicted molar refractivity (Wildman–Crippen MR) is 123 cm³/mol. The third-order valence-electron chi connectivity index (χ3n) is 5.64. The quantitative estimate of drug-likeness (QED) is 0.608. The van der Waals surface area contributed by atoms with Gasteiger partial charge in [0.1, 0.15) is 6.04 Å². The van der Waals surface area contributed by atoms with Crippen LogP contribution in [0.25, 0.3) is 0 Å². The Balaban J connectivity index is 1.32. The van der Waals surface area contributed by atoms with Crippen molar-refractivity contribution >= 4 is 55.4 Å². The second kappa shape index (κ2) is 7.81. The van der Waals surface area contributed by atoms with Crippen LogP contribution in [0.15, 0.2) is 58.9 Å². The first kappa shape index (κ1) is 20.3. The summed E-state index contributed by atoms with van der Waals surface area (Å²) in [5.41, 5.74) is 2.93. The molecule has 5 rings (SSSR count). The van der Waals surface area contributed by atoms with Crippen LogP contribution in [0.1, 0.15) is 12.0 Å². The second-order valence-corrected chi connectivity index (χ2v) is 10.5. The molecule has 1 fully saturated rings. The number of rotatable bonds is 5. The molecule has 1 amide bonds. The summed E-state index contributed by atoms with van der Waals surface area (Å²) < 4.78 is 27.5. The zero-order valence-corrected chi connectivity index (χ0v) is 18.8. The van der Waals surface area contributed by atoms with Gasteiger partial charge in [0.2, 0.25) is 5.91 Å². The maximum atomic E-state index is 13.2. The summed E-state index contributed by atoms with van der Waals surface area (Å²) >= 11 is 7.31. The topological polar surface area (TPSA) is 82.6 Å². The SMILES string of the molecule is O=C1C(N2CCc3cc(Cl)ccc32)CCN1c1ccc(S(=O)(=O)Nc2nccs2)cc1. The van der Waals surface area contributed by atoms with Crippen LogP contribution in [-0.4, -0.2) is 38.4 Å². The highest BCUT2D eigenvalue weighted by molar-refractivity contribution is 7.93. The number of hydrogen-bond donors (Lipinski definition) is 1. The Morgan fingerprint density at radius 2 is 1.94 bits per heavy atom. The Labute approximate surface area is 189 Å². The van der Waals surface area contributed by atoms with E-state index in [0.29, 0.717) is 28.8 Å². The van der Waals surface area contributed by atoms with Crippen LogP contribution in [-0.2, 0) is 21.2 Å². The number of fused-ring (bicyclic) bond motifs is 1. The highest BCUT2D eigenvalue weighted by Crippen LogP contribution is 2.35. The molecule has 1 saturated heterocycles. The van der Waals surface area contributed by atoms with Gasteiger partial charge in [-0.1, -0.05) is 11.6 Å². The molecule has 0 saturated carbocycles. The Morgan fingerprint density at radius 3 is 2.68 bits per heavy atom. The first-order valence-corrected chi connectivity index (χ1v) is 12.6. The van der Waals surface area contributed by atoms with Gasteiger partial charge in [-0.25, -0.2) is 13.4 Å². The molecule has 2 aromatic carbocycles. The number of nitrogens with one attached hydrogen (secondary N) is 1. The molecule has 3 heterocycles. The van der Waals surface area contributed by atoms with E-state index in [1.807, 2.05) is 18.2 Å². The van der Waals surface area contributed by atoms with Gasteiger partial charge in [-0.15, -0.1) is 11.3 Å². The minimum Gasteiger partial charge on any atom is -0.359 e. The molecule has 1 N–H and O–H groups in total. The number of amides is 1. The Bertz CT molecular complexity index is 1230. The van der Waals surface area contributed by atoms with E-state index in [9.17, 15) is 13.2 Å². The lowest BCUT2D eigenvalue weighted by Crippen LogP contribution is -2.41. The molecule has 31 heavy (non-hydrogen) atoms. The summed E-state index contributed by atoms with van der Waals surface area (Å²) in [6.45, 7) is 1.38. The van der Waals surface area contributed by atoms with Crippen LogP contribution in [0.5, 0.6) is 0 Å². The molecule has 10 heteroatoms. The number of thiazole rings is 1. The summed E-state index contributed by atoms with van der Waals surface area (Å²) in [4.78, 5) is 21.1. The summed E-state index contributed by atoms with van der Waals surface area (Å²) in [7, 11) is -3.72. The maximum absolute atomic E-state index is 13.2.